The summed E-state index contributed by atoms with van der Waals surface area (Å²) in [4.78, 5) is 41.3. The van der Waals surface area contributed by atoms with E-state index in [1.165, 1.54) is 22.2 Å². The molecular formula is C34H33ClN7O6P. The average molecular weight is 702 g/mol. The number of rotatable bonds is 9. The van der Waals surface area contributed by atoms with Crippen molar-refractivity contribution in [1.29, 1.82) is 0 Å². The number of hydrogen-bond donors (Lipinski definition) is 1. The van der Waals surface area contributed by atoms with Crippen LogP contribution in [-0.2, 0) is 18.6 Å². The molecule has 1 fully saturated rings. The largest absolute Gasteiger partial charge is 0.448 e. The van der Waals surface area contributed by atoms with Crippen molar-refractivity contribution in [2.75, 3.05) is 45.7 Å². The number of imidazole rings is 1. The molecule has 252 valence electrons. The first-order valence-corrected chi connectivity index (χ1v) is 18.1. The number of halogens is 1. The van der Waals surface area contributed by atoms with Gasteiger partial charge in [0.25, 0.3) is 5.91 Å². The number of amides is 2. The average Bonchev–Trinajstić information content (AvgIpc) is 3.70. The standard InChI is InChI=1S/C34H33ClN7O6P/c1-40(2)49(35,45)47-18-23-16-41(34(44)46-19-28-26-14-8-6-12-24(26)25-13-7-9-15-27(25)28)17-29(48-23)42-21-38-30-31(36-20-37-32(30)42)39-33(43)22-10-4-3-5-11-22/h3-15,20-21,23,28-29H,16-19H2,1-2H3,(H,36,37,39,43). The summed E-state index contributed by atoms with van der Waals surface area (Å²) in [5.41, 5.74) is 5.62. The lowest BCUT2D eigenvalue weighted by Gasteiger charge is -2.38. The first-order valence-electron chi connectivity index (χ1n) is 15.6. The first-order chi connectivity index (χ1) is 23.7. The molecule has 2 aromatic heterocycles. The molecule has 1 aliphatic carbocycles. The molecule has 3 unspecified atom stereocenters. The van der Waals surface area contributed by atoms with Gasteiger partial charge in [-0.2, -0.15) is 0 Å². The number of carbonyl (C=O) groups excluding carboxylic acids is 2. The minimum absolute atomic E-state index is 0.0839. The molecule has 1 aliphatic heterocycles. The molecule has 7 rings (SSSR count). The molecule has 0 saturated carbocycles. The van der Waals surface area contributed by atoms with Crippen LogP contribution in [0, 0.1) is 0 Å². The third-order valence-electron chi connectivity index (χ3n) is 8.58. The summed E-state index contributed by atoms with van der Waals surface area (Å²) >= 11 is 6.14. The van der Waals surface area contributed by atoms with Crippen LogP contribution in [0.4, 0.5) is 10.6 Å². The number of benzene rings is 3. The number of fused-ring (bicyclic) bond motifs is 4. The van der Waals surface area contributed by atoms with Crippen molar-refractivity contribution in [2.24, 2.45) is 0 Å². The second-order valence-electron chi connectivity index (χ2n) is 11.9. The quantitative estimate of drug-likeness (QED) is 0.178. The number of anilines is 1. The fourth-order valence-corrected chi connectivity index (χ4v) is 6.86. The summed E-state index contributed by atoms with van der Waals surface area (Å²) in [6.07, 6.45) is 0.747. The lowest BCUT2D eigenvalue weighted by molar-refractivity contribution is -0.124. The van der Waals surface area contributed by atoms with E-state index in [1.807, 2.05) is 30.3 Å². The van der Waals surface area contributed by atoms with E-state index in [1.54, 1.807) is 42.9 Å². The Hall–Kier alpha value is -4.65. The highest BCUT2D eigenvalue weighted by Crippen LogP contribution is 2.54. The molecule has 0 bridgehead atoms. The van der Waals surface area contributed by atoms with Crippen LogP contribution in [0.1, 0.15) is 33.6 Å². The maximum absolute atomic E-state index is 13.7. The highest BCUT2D eigenvalue weighted by atomic mass is 35.7. The molecule has 2 aliphatic rings. The van der Waals surface area contributed by atoms with Crippen LogP contribution in [0.15, 0.2) is 91.5 Å². The van der Waals surface area contributed by atoms with Gasteiger partial charge < -0.3 is 24.2 Å². The monoisotopic (exact) mass is 701 g/mol. The smallest absolute Gasteiger partial charge is 0.410 e. The summed E-state index contributed by atoms with van der Waals surface area (Å²) in [6.45, 7) is -3.46. The molecule has 1 saturated heterocycles. The highest BCUT2D eigenvalue weighted by molar-refractivity contribution is 7.83. The summed E-state index contributed by atoms with van der Waals surface area (Å²) in [5.74, 6) is -0.252. The van der Waals surface area contributed by atoms with Crippen LogP contribution in [0.3, 0.4) is 0 Å². The molecule has 3 aromatic carbocycles. The molecule has 2 amide bonds. The number of ether oxygens (including phenoxy) is 2. The van der Waals surface area contributed by atoms with E-state index >= 15 is 0 Å². The van der Waals surface area contributed by atoms with Crippen LogP contribution in [-0.4, -0.2) is 87.6 Å². The second kappa shape index (κ2) is 13.7. The van der Waals surface area contributed by atoms with Gasteiger partial charge in [0.15, 0.2) is 23.2 Å². The summed E-state index contributed by atoms with van der Waals surface area (Å²) in [5, 5.41) is 2.80. The number of carbonyl (C=O) groups is 2. The predicted octanol–water partition coefficient (Wildman–Crippen LogP) is 6.15. The van der Waals surface area contributed by atoms with Crippen LogP contribution >= 0.6 is 18.1 Å². The minimum Gasteiger partial charge on any atom is -0.448 e. The molecule has 49 heavy (non-hydrogen) atoms. The van der Waals surface area contributed by atoms with Gasteiger partial charge in [0, 0.05) is 11.5 Å². The zero-order chi connectivity index (χ0) is 34.1. The second-order valence-corrected chi connectivity index (χ2v) is 15.1. The van der Waals surface area contributed by atoms with Gasteiger partial charge in [-0.1, -0.05) is 66.7 Å². The van der Waals surface area contributed by atoms with E-state index in [9.17, 15) is 14.2 Å². The number of hydrogen-bond acceptors (Lipinski definition) is 9. The van der Waals surface area contributed by atoms with Crippen LogP contribution in [0.5, 0.6) is 0 Å². The zero-order valence-corrected chi connectivity index (χ0v) is 28.3. The van der Waals surface area contributed by atoms with Crippen LogP contribution in [0.2, 0.25) is 0 Å². The summed E-state index contributed by atoms with van der Waals surface area (Å²) in [7, 11) is 3.10. The van der Waals surface area contributed by atoms with Crippen molar-refractivity contribution in [2.45, 2.75) is 18.2 Å². The normalized spacial score (nSPS) is 18.6. The Morgan fingerprint density at radius 2 is 1.61 bits per heavy atom. The van der Waals surface area contributed by atoms with E-state index in [0.29, 0.717) is 16.7 Å². The van der Waals surface area contributed by atoms with Gasteiger partial charge in [0.05, 0.1) is 26.0 Å². The lowest BCUT2D eigenvalue weighted by atomic mass is 9.98. The van der Waals surface area contributed by atoms with Gasteiger partial charge >= 0.3 is 13.0 Å². The van der Waals surface area contributed by atoms with E-state index in [2.05, 4.69) is 44.5 Å². The number of morpholine rings is 1. The van der Waals surface area contributed by atoms with Crippen molar-refractivity contribution in [3.63, 3.8) is 0 Å². The van der Waals surface area contributed by atoms with Crippen molar-refractivity contribution in [3.8, 4) is 11.1 Å². The SMILES string of the molecule is CN(C)P(=O)(Cl)OCC1CN(C(=O)OCC2c3ccccc3-c3ccccc32)CC(n2cnc3c(NC(=O)c4ccccc4)ncnc32)O1. The molecule has 15 heteroatoms. The van der Waals surface area contributed by atoms with Gasteiger partial charge in [-0.25, -0.2) is 24.4 Å². The fourth-order valence-electron chi connectivity index (χ4n) is 6.11. The Balaban J connectivity index is 1.13. The summed E-state index contributed by atoms with van der Waals surface area (Å²) in [6, 6.07) is 25.0. The molecular weight excluding hydrogens is 669 g/mol. The molecule has 3 heterocycles. The van der Waals surface area contributed by atoms with Gasteiger partial charge in [0.1, 0.15) is 19.0 Å². The predicted molar refractivity (Wildman–Crippen MR) is 183 cm³/mol. The number of aromatic nitrogens is 4. The Labute approximate surface area is 287 Å². The van der Waals surface area contributed by atoms with E-state index in [4.69, 9.17) is 25.2 Å². The Bertz CT molecular complexity index is 2020. The van der Waals surface area contributed by atoms with Crippen molar-refractivity contribution < 1.29 is 28.2 Å². The summed E-state index contributed by atoms with van der Waals surface area (Å²) < 4.78 is 33.6. The fraction of sp³-hybridized carbons (Fsp3) is 0.265. The molecule has 0 radical (unpaired) electrons. The number of nitrogens with one attached hydrogen (secondary N) is 1. The van der Waals surface area contributed by atoms with Crippen molar-refractivity contribution in [3.05, 3.63) is 108 Å². The van der Waals surface area contributed by atoms with Gasteiger partial charge in [-0.3, -0.25) is 13.9 Å². The Kier molecular flexibility index (Phi) is 9.19. The Morgan fingerprint density at radius 1 is 0.939 bits per heavy atom. The van der Waals surface area contributed by atoms with Gasteiger partial charge in [-0.05, 0) is 59.7 Å². The zero-order valence-electron chi connectivity index (χ0n) is 26.7. The molecule has 0 spiro atoms. The maximum Gasteiger partial charge on any atom is 0.410 e. The topological polar surface area (TPSA) is 141 Å². The molecule has 5 aromatic rings. The lowest BCUT2D eigenvalue weighted by Crippen LogP contribution is -2.50. The van der Waals surface area contributed by atoms with Crippen LogP contribution < -0.4 is 5.32 Å². The Morgan fingerprint density at radius 3 is 2.31 bits per heavy atom. The van der Waals surface area contributed by atoms with Gasteiger partial charge in [-0.15, -0.1) is 0 Å². The minimum atomic E-state index is -3.62. The van der Waals surface area contributed by atoms with E-state index in [-0.39, 0.29) is 43.9 Å². The molecule has 13 nitrogen and oxygen atoms in total. The van der Waals surface area contributed by atoms with Crippen molar-refractivity contribution in [1.82, 2.24) is 29.1 Å². The first kappa shape index (κ1) is 32.9. The van der Waals surface area contributed by atoms with Crippen LogP contribution in [0.25, 0.3) is 22.3 Å². The molecule has 3 atom stereocenters. The third kappa shape index (κ3) is 6.68. The molecule has 1 N–H and O–H groups in total. The van der Waals surface area contributed by atoms with E-state index < -0.39 is 25.3 Å². The van der Waals surface area contributed by atoms with Gasteiger partial charge in [0.2, 0.25) is 0 Å². The number of nitrogens with zero attached hydrogens (tertiary/aromatic N) is 6. The third-order valence-corrected chi connectivity index (χ3v) is 11.2. The van der Waals surface area contributed by atoms with E-state index in [0.717, 1.165) is 22.3 Å². The highest BCUT2D eigenvalue weighted by Gasteiger charge is 2.37. The van der Waals surface area contributed by atoms with Crippen molar-refractivity contribution >= 4 is 47.1 Å². The maximum atomic E-state index is 13.7.